The molecule has 4 aliphatic rings. The number of allylic oxidation sites excluding steroid dienone is 3. The zero-order valence-electron chi connectivity index (χ0n) is 24.4. The number of aliphatic hydroxyl groups excluding tert-OH is 1. The lowest BCUT2D eigenvalue weighted by Crippen LogP contribution is -2.63. The van der Waals surface area contributed by atoms with Crippen LogP contribution in [0.5, 0.6) is 0 Å². The third-order valence-electron chi connectivity index (χ3n) is 10.6. The average molecular weight is 604 g/mol. The number of ether oxygens (including phenoxy) is 2. The molecule has 8 nitrogen and oxygen atoms in total. The van der Waals surface area contributed by atoms with Crippen molar-refractivity contribution >= 4 is 34.2 Å². The molecule has 8 atom stereocenters. The molecule has 4 aliphatic carbocycles. The summed E-state index contributed by atoms with van der Waals surface area (Å²) in [6.07, 6.45) is 7.09. The van der Waals surface area contributed by atoms with E-state index in [1.54, 1.807) is 12.3 Å². The van der Waals surface area contributed by atoms with Crippen LogP contribution in [-0.4, -0.2) is 58.3 Å². The summed E-state index contributed by atoms with van der Waals surface area (Å²) in [6, 6.07) is 1.90. The van der Waals surface area contributed by atoms with E-state index in [1.165, 1.54) is 24.9 Å². The number of carbonyl (C=O) groups excluding carboxylic acids is 2. The van der Waals surface area contributed by atoms with Crippen LogP contribution in [0, 0.1) is 40.4 Å². The number of fused-ring (bicyclic) bond motifs is 5. The smallest absolute Gasteiger partial charge is 0.333 e. The van der Waals surface area contributed by atoms with Gasteiger partial charge in [-0.3, -0.25) is 4.79 Å². The van der Waals surface area contributed by atoms with Crippen molar-refractivity contribution in [2.24, 2.45) is 45.2 Å². The van der Waals surface area contributed by atoms with Crippen molar-refractivity contribution < 1.29 is 33.0 Å². The van der Waals surface area contributed by atoms with Crippen molar-refractivity contribution in [3.8, 4) is 0 Å². The van der Waals surface area contributed by atoms with Gasteiger partial charge in [0.05, 0.1) is 23.7 Å². The third-order valence-corrected chi connectivity index (χ3v) is 11.3. The fourth-order valence-corrected chi connectivity index (χ4v) is 9.79. The molecule has 228 valence electrons. The van der Waals surface area contributed by atoms with E-state index in [0.29, 0.717) is 36.0 Å². The highest BCUT2D eigenvalue weighted by molar-refractivity contribution is 8.13. The normalized spacial score (nSPS) is 39.3. The van der Waals surface area contributed by atoms with E-state index in [4.69, 9.17) is 20.2 Å². The highest BCUT2D eigenvalue weighted by atomic mass is 32.2. The van der Waals surface area contributed by atoms with E-state index in [2.05, 4.69) is 11.9 Å². The van der Waals surface area contributed by atoms with Gasteiger partial charge in [-0.15, -0.1) is 0 Å². The zero-order valence-corrected chi connectivity index (χ0v) is 25.3. The maximum Gasteiger partial charge on any atom is 0.333 e. The number of esters is 1. The maximum atomic E-state index is 13.7. The number of methoxy groups -OCH3 is 1. The van der Waals surface area contributed by atoms with Crippen LogP contribution in [0.4, 0.5) is 14.5 Å². The molecule has 11 heteroatoms. The van der Waals surface area contributed by atoms with Crippen LogP contribution < -0.4 is 5.73 Å². The second-order valence-corrected chi connectivity index (χ2v) is 13.5. The Balaban J connectivity index is 1.53. The van der Waals surface area contributed by atoms with E-state index in [9.17, 15) is 23.5 Å². The number of aromatic nitrogens is 1. The van der Waals surface area contributed by atoms with Gasteiger partial charge >= 0.3 is 5.97 Å². The van der Waals surface area contributed by atoms with E-state index in [1.807, 2.05) is 19.9 Å². The third kappa shape index (κ3) is 4.72. The Hall–Kier alpha value is -2.63. The van der Waals surface area contributed by atoms with Crippen molar-refractivity contribution in [1.29, 1.82) is 0 Å². The van der Waals surface area contributed by atoms with Crippen LogP contribution in [0.1, 0.15) is 52.9 Å². The van der Waals surface area contributed by atoms with Gasteiger partial charge in [-0.1, -0.05) is 26.3 Å². The molecular formula is C31H39F2N3O5S. The zero-order chi connectivity index (χ0) is 30.4. The van der Waals surface area contributed by atoms with Crippen molar-refractivity contribution in [2.45, 2.75) is 64.6 Å². The molecule has 0 aliphatic heterocycles. The first kappa shape index (κ1) is 30.8. The fourth-order valence-electron chi connectivity index (χ4n) is 9.00. The van der Waals surface area contributed by atoms with Crippen molar-refractivity contribution in [3.05, 3.63) is 47.7 Å². The first-order valence-corrected chi connectivity index (χ1v) is 15.4. The van der Waals surface area contributed by atoms with Gasteiger partial charge in [0.2, 0.25) is 11.1 Å². The summed E-state index contributed by atoms with van der Waals surface area (Å²) >= 11 is 0.524. The SMILES string of the molecule is COCC(=O)O[C@]1(C(=O)SCF)[C@H](C)CC2[C@@H]3CCC4=CC(=Nc5ccc(F)nc5)C(=CN)C[C@]4(C)C3C(O)C[C@@]21C. The lowest BCUT2D eigenvalue weighted by atomic mass is 9.45. The minimum absolute atomic E-state index is 0.0355. The summed E-state index contributed by atoms with van der Waals surface area (Å²) < 4.78 is 37.9. The molecule has 0 aromatic carbocycles. The van der Waals surface area contributed by atoms with Gasteiger partial charge < -0.3 is 20.3 Å². The van der Waals surface area contributed by atoms with Crippen LogP contribution in [0.2, 0.25) is 0 Å². The number of aliphatic hydroxyl groups is 1. The van der Waals surface area contributed by atoms with Crippen molar-refractivity contribution in [2.75, 3.05) is 19.7 Å². The van der Waals surface area contributed by atoms with Gasteiger partial charge in [-0.25, -0.2) is 19.2 Å². The highest BCUT2D eigenvalue weighted by Crippen LogP contribution is 2.70. The summed E-state index contributed by atoms with van der Waals surface area (Å²) in [5, 5.41) is 11.5. The number of rotatable bonds is 6. The minimum atomic E-state index is -1.58. The van der Waals surface area contributed by atoms with Crippen LogP contribution in [0.25, 0.3) is 0 Å². The Morgan fingerprint density at radius 3 is 2.74 bits per heavy atom. The molecule has 0 amide bonds. The number of pyridine rings is 1. The highest BCUT2D eigenvalue weighted by Gasteiger charge is 2.73. The predicted octanol–water partition coefficient (Wildman–Crippen LogP) is 5.04. The number of hydrogen-bond acceptors (Lipinski definition) is 9. The average Bonchev–Trinajstić information content (AvgIpc) is 3.16. The summed E-state index contributed by atoms with van der Waals surface area (Å²) in [6.45, 7) is 5.66. The lowest BCUT2D eigenvalue weighted by molar-refractivity contribution is -0.203. The van der Waals surface area contributed by atoms with Crippen molar-refractivity contribution in [1.82, 2.24) is 4.98 Å². The number of carbonyl (C=O) groups is 2. The van der Waals surface area contributed by atoms with E-state index in [-0.39, 0.29) is 36.7 Å². The summed E-state index contributed by atoms with van der Waals surface area (Å²) in [7, 11) is 1.37. The van der Waals surface area contributed by atoms with E-state index in [0.717, 1.165) is 18.4 Å². The Labute approximate surface area is 249 Å². The van der Waals surface area contributed by atoms with Crippen LogP contribution in [0.15, 0.2) is 46.7 Å². The van der Waals surface area contributed by atoms with Gasteiger partial charge in [-0.2, -0.15) is 4.39 Å². The topological polar surface area (TPSA) is 124 Å². The number of nitrogens with two attached hydrogens (primary N) is 1. The molecule has 0 spiro atoms. The molecule has 1 heterocycles. The predicted molar refractivity (Wildman–Crippen MR) is 156 cm³/mol. The molecule has 3 saturated carbocycles. The Morgan fingerprint density at radius 2 is 2.10 bits per heavy atom. The second-order valence-electron chi connectivity index (χ2n) is 12.6. The molecule has 42 heavy (non-hydrogen) atoms. The first-order chi connectivity index (χ1) is 19.9. The van der Waals surface area contributed by atoms with E-state index >= 15 is 0 Å². The summed E-state index contributed by atoms with van der Waals surface area (Å²) in [5.41, 5.74) is 6.41. The number of aliphatic imine (C=N–C) groups is 1. The summed E-state index contributed by atoms with van der Waals surface area (Å²) in [4.78, 5) is 34.9. The lowest BCUT2D eigenvalue weighted by Gasteiger charge is -2.61. The minimum Gasteiger partial charge on any atom is -0.447 e. The Bertz CT molecular complexity index is 1340. The first-order valence-electron chi connectivity index (χ1n) is 14.4. The molecular weight excluding hydrogens is 564 g/mol. The molecule has 3 N–H and O–H groups in total. The monoisotopic (exact) mass is 603 g/mol. The number of hydrogen-bond donors (Lipinski definition) is 2. The van der Waals surface area contributed by atoms with Gasteiger partial charge in [0.1, 0.15) is 12.6 Å². The largest absolute Gasteiger partial charge is 0.447 e. The molecule has 3 unspecified atom stereocenters. The molecule has 5 rings (SSSR count). The van der Waals surface area contributed by atoms with E-state index < -0.39 is 45.6 Å². The number of halogens is 2. The molecule has 1 aromatic heterocycles. The van der Waals surface area contributed by atoms with Crippen LogP contribution >= 0.6 is 11.8 Å². The fraction of sp³-hybridized carbons (Fsp3) is 0.613. The molecule has 1 aromatic rings. The Kier molecular flexibility index (Phi) is 8.41. The molecule has 3 fully saturated rings. The number of nitrogens with zero attached hydrogens (tertiary/aromatic N) is 2. The van der Waals surface area contributed by atoms with Gasteiger partial charge in [0.15, 0.2) is 5.60 Å². The van der Waals surface area contributed by atoms with Gasteiger partial charge in [0.25, 0.3) is 0 Å². The van der Waals surface area contributed by atoms with Gasteiger partial charge in [-0.05, 0) is 97.0 Å². The standard InChI is InChI=1S/C31H39F2N3O5S/c1-17-9-22-21-7-5-19-10-23(36-20-6-8-25(33)35-14-20)18(13-34)11-29(19,2)27(21)24(37)12-30(22,3)31(17,28(39)42-16-32)41-26(38)15-40-4/h6,8,10,13-14,17,21-22,24,27,37H,5,7,9,11-12,15-16,34H2,1-4H3/t17-,21+,22?,24?,27?,29+,30+,31+/m1/s1. The second kappa shape index (κ2) is 11.5. The van der Waals surface area contributed by atoms with Gasteiger partial charge in [0, 0.05) is 18.4 Å². The quantitative estimate of drug-likeness (QED) is 0.342. The molecule has 0 radical (unpaired) electrons. The number of thioether (sulfide) groups is 1. The van der Waals surface area contributed by atoms with Crippen molar-refractivity contribution in [3.63, 3.8) is 0 Å². The maximum absolute atomic E-state index is 13.7. The molecule has 0 bridgehead atoms. The number of alkyl halides is 1. The Morgan fingerprint density at radius 1 is 1.33 bits per heavy atom. The summed E-state index contributed by atoms with van der Waals surface area (Å²) in [5.74, 6) is -1.77. The van der Waals surface area contributed by atoms with Crippen LogP contribution in [-0.2, 0) is 19.1 Å². The van der Waals surface area contributed by atoms with Crippen LogP contribution in [0.3, 0.4) is 0 Å². The molecule has 0 saturated heterocycles.